The number of ketones is 2. The standard InChI is InChI=1S/C17H16ClNO4/c1-9(20)8-19-16(23)13-14(21)11-7-10(18)3-4-12(11)17(15(13)22)5-2-6-17/h3-4,7,21H,2,5-6,8H2,1H3,(H,19,23). The summed E-state index contributed by atoms with van der Waals surface area (Å²) in [6.07, 6.45) is 2.16. The zero-order valence-electron chi connectivity index (χ0n) is 12.6. The minimum Gasteiger partial charge on any atom is -0.506 e. The second-order valence-corrected chi connectivity index (χ2v) is 6.50. The summed E-state index contributed by atoms with van der Waals surface area (Å²) in [6.45, 7) is 1.15. The molecule has 0 saturated heterocycles. The van der Waals surface area contributed by atoms with E-state index >= 15 is 0 Å². The van der Waals surface area contributed by atoms with Crippen LogP contribution in [0.5, 0.6) is 0 Å². The van der Waals surface area contributed by atoms with Crippen molar-refractivity contribution in [3.8, 4) is 0 Å². The van der Waals surface area contributed by atoms with Crippen molar-refractivity contribution >= 4 is 34.8 Å². The summed E-state index contributed by atoms with van der Waals surface area (Å²) in [4.78, 5) is 36.2. The van der Waals surface area contributed by atoms with Crippen molar-refractivity contribution in [2.45, 2.75) is 31.6 Å². The number of carbonyl (C=O) groups is 3. The van der Waals surface area contributed by atoms with Gasteiger partial charge in [-0.3, -0.25) is 14.4 Å². The van der Waals surface area contributed by atoms with Crippen LogP contribution in [0.2, 0.25) is 5.02 Å². The molecule has 0 radical (unpaired) electrons. The normalized spacial score (nSPS) is 18.4. The minimum absolute atomic E-state index is 0.182. The van der Waals surface area contributed by atoms with Gasteiger partial charge in [0.25, 0.3) is 5.91 Å². The van der Waals surface area contributed by atoms with Crippen molar-refractivity contribution in [1.82, 2.24) is 5.32 Å². The fraction of sp³-hybridized carbons (Fsp3) is 0.353. The van der Waals surface area contributed by atoms with Crippen LogP contribution in [-0.2, 0) is 19.8 Å². The molecule has 120 valence electrons. The number of hydrogen-bond donors (Lipinski definition) is 2. The summed E-state index contributed by atoms with van der Waals surface area (Å²) in [7, 11) is 0. The maximum absolute atomic E-state index is 12.9. The van der Waals surface area contributed by atoms with E-state index in [9.17, 15) is 19.5 Å². The van der Waals surface area contributed by atoms with Crippen molar-refractivity contribution in [1.29, 1.82) is 0 Å². The lowest BCUT2D eigenvalue weighted by atomic mass is 9.57. The first-order chi connectivity index (χ1) is 10.9. The number of carbonyl (C=O) groups excluding carboxylic acids is 3. The van der Waals surface area contributed by atoms with E-state index in [2.05, 4.69) is 5.32 Å². The molecule has 0 heterocycles. The third-order valence-corrected chi connectivity index (χ3v) is 4.82. The molecule has 6 heteroatoms. The third-order valence-electron chi connectivity index (χ3n) is 4.58. The van der Waals surface area contributed by atoms with Crippen molar-refractivity contribution < 1.29 is 19.5 Å². The summed E-state index contributed by atoms with van der Waals surface area (Å²) in [6, 6.07) is 4.99. The predicted molar refractivity (Wildman–Crippen MR) is 85.2 cm³/mol. The second-order valence-electron chi connectivity index (χ2n) is 6.06. The molecule has 3 rings (SSSR count). The maximum Gasteiger partial charge on any atom is 0.259 e. The molecule has 2 N–H and O–H groups in total. The number of amides is 1. The van der Waals surface area contributed by atoms with E-state index in [0.29, 0.717) is 23.4 Å². The Labute approximate surface area is 138 Å². The molecule has 0 bridgehead atoms. The Balaban J connectivity index is 2.11. The first-order valence-corrected chi connectivity index (χ1v) is 7.81. The molecule has 1 aromatic rings. The lowest BCUT2D eigenvalue weighted by Crippen LogP contribution is -2.49. The van der Waals surface area contributed by atoms with Gasteiger partial charge >= 0.3 is 0 Å². The van der Waals surface area contributed by atoms with Crippen LogP contribution in [0.15, 0.2) is 23.8 Å². The number of nitrogens with one attached hydrogen (secondary N) is 1. The molecule has 1 saturated carbocycles. The number of halogens is 1. The molecule has 1 spiro atoms. The quantitative estimate of drug-likeness (QED) is 0.831. The number of Topliss-reactive ketones (excluding diaryl/α,β-unsaturated/α-hetero) is 2. The Morgan fingerprint density at radius 2 is 2.04 bits per heavy atom. The number of hydrogen-bond acceptors (Lipinski definition) is 4. The number of aliphatic hydroxyl groups is 1. The van der Waals surface area contributed by atoms with Crippen molar-refractivity contribution in [2.75, 3.05) is 6.54 Å². The summed E-state index contributed by atoms with van der Waals surface area (Å²) < 4.78 is 0. The summed E-state index contributed by atoms with van der Waals surface area (Å²) >= 11 is 6.00. The van der Waals surface area contributed by atoms with Gasteiger partial charge in [-0.2, -0.15) is 0 Å². The van der Waals surface area contributed by atoms with E-state index in [4.69, 9.17) is 11.6 Å². The molecule has 0 aromatic heterocycles. The fourth-order valence-electron chi connectivity index (χ4n) is 3.26. The number of aliphatic hydroxyl groups excluding tert-OH is 1. The van der Waals surface area contributed by atoms with Crippen LogP contribution in [0, 0.1) is 0 Å². The van der Waals surface area contributed by atoms with Gasteiger partial charge in [-0.1, -0.05) is 24.1 Å². The highest BCUT2D eigenvalue weighted by molar-refractivity contribution is 6.32. The van der Waals surface area contributed by atoms with Crippen molar-refractivity contribution in [2.24, 2.45) is 0 Å². The van der Waals surface area contributed by atoms with Gasteiger partial charge in [0.2, 0.25) is 0 Å². The van der Waals surface area contributed by atoms with E-state index in [0.717, 1.165) is 12.0 Å². The van der Waals surface area contributed by atoms with Crippen LogP contribution >= 0.6 is 11.6 Å². The molecular weight excluding hydrogens is 318 g/mol. The zero-order valence-corrected chi connectivity index (χ0v) is 13.4. The van der Waals surface area contributed by atoms with Gasteiger partial charge < -0.3 is 10.4 Å². The van der Waals surface area contributed by atoms with E-state index in [-0.39, 0.29) is 29.4 Å². The topological polar surface area (TPSA) is 83.5 Å². The average molecular weight is 334 g/mol. The zero-order chi connectivity index (χ0) is 16.8. The monoisotopic (exact) mass is 333 g/mol. The SMILES string of the molecule is CC(=O)CNC(=O)C1=C(O)c2cc(Cl)ccc2C2(CCC2)C1=O. The van der Waals surface area contributed by atoms with Crippen LogP contribution < -0.4 is 5.32 Å². The molecule has 0 unspecified atom stereocenters. The highest BCUT2D eigenvalue weighted by atomic mass is 35.5. The largest absolute Gasteiger partial charge is 0.506 e. The van der Waals surface area contributed by atoms with Gasteiger partial charge in [-0.05, 0) is 37.5 Å². The molecule has 23 heavy (non-hydrogen) atoms. The molecule has 1 amide bonds. The molecule has 0 atom stereocenters. The van der Waals surface area contributed by atoms with E-state index in [1.807, 2.05) is 0 Å². The van der Waals surface area contributed by atoms with Gasteiger partial charge in [0.15, 0.2) is 5.78 Å². The van der Waals surface area contributed by atoms with Crippen molar-refractivity contribution in [3.05, 3.63) is 39.9 Å². The Hall–Kier alpha value is -2.14. The molecule has 0 aliphatic heterocycles. The summed E-state index contributed by atoms with van der Waals surface area (Å²) in [5, 5.41) is 13.3. The summed E-state index contributed by atoms with van der Waals surface area (Å²) in [5.41, 5.74) is 0.110. The number of rotatable bonds is 3. The molecule has 2 aliphatic carbocycles. The summed E-state index contributed by atoms with van der Waals surface area (Å²) in [5.74, 6) is -1.70. The van der Waals surface area contributed by atoms with Crippen LogP contribution in [0.3, 0.4) is 0 Å². The molecule has 1 fully saturated rings. The highest BCUT2D eigenvalue weighted by Gasteiger charge is 2.52. The second kappa shape index (κ2) is 5.49. The highest BCUT2D eigenvalue weighted by Crippen LogP contribution is 2.51. The van der Waals surface area contributed by atoms with Crippen LogP contribution in [0.4, 0.5) is 0 Å². The van der Waals surface area contributed by atoms with Gasteiger partial charge in [0.1, 0.15) is 17.1 Å². The Morgan fingerprint density at radius 1 is 1.35 bits per heavy atom. The first kappa shape index (κ1) is 15.7. The number of fused-ring (bicyclic) bond motifs is 2. The van der Waals surface area contributed by atoms with Crippen molar-refractivity contribution in [3.63, 3.8) is 0 Å². The van der Waals surface area contributed by atoms with Crippen LogP contribution in [-0.4, -0.2) is 29.1 Å². The molecule has 5 nitrogen and oxygen atoms in total. The van der Waals surface area contributed by atoms with Gasteiger partial charge in [-0.25, -0.2) is 0 Å². The van der Waals surface area contributed by atoms with Gasteiger partial charge in [-0.15, -0.1) is 0 Å². The third kappa shape index (κ3) is 2.36. The first-order valence-electron chi connectivity index (χ1n) is 7.43. The Bertz CT molecular complexity index is 762. The average Bonchev–Trinajstić information content (AvgIpc) is 2.44. The smallest absolute Gasteiger partial charge is 0.259 e. The molecule has 2 aliphatic rings. The van der Waals surface area contributed by atoms with Crippen LogP contribution in [0.1, 0.15) is 37.3 Å². The van der Waals surface area contributed by atoms with Gasteiger partial charge in [0.05, 0.1) is 12.0 Å². The van der Waals surface area contributed by atoms with Gasteiger partial charge in [0, 0.05) is 10.6 Å². The number of benzene rings is 1. The van der Waals surface area contributed by atoms with Crippen LogP contribution in [0.25, 0.3) is 5.76 Å². The van der Waals surface area contributed by atoms with E-state index in [1.165, 1.54) is 6.92 Å². The fourth-order valence-corrected chi connectivity index (χ4v) is 3.44. The van der Waals surface area contributed by atoms with E-state index < -0.39 is 11.3 Å². The lowest BCUT2D eigenvalue weighted by molar-refractivity contribution is -0.129. The maximum atomic E-state index is 12.9. The molecule has 1 aromatic carbocycles. The Morgan fingerprint density at radius 3 is 2.61 bits per heavy atom. The predicted octanol–water partition coefficient (Wildman–Crippen LogP) is 2.32. The lowest BCUT2D eigenvalue weighted by Gasteiger charge is -2.44. The minimum atomic E-state index is -0.755. The van der Waals surface area contributed by atoms with E-state index in [1.54, 1.807) is 18.2 Å². The molecular formula is C17H16ClNO4. The Kier molecular flexibility index (Phi) is 3.76.